The maximum Gasteiger partial charge on any atom is 0.164 e. The molecule has 4 nitrogen and oxygen atoms in total. The highest BCUT2D eigenvalue weighted by Crippen LogP contribution is 2.38. The summed E-state index contributed by atoms with van der Waals surface area (Å²) < 4.78 is 6.42. The normalized spacial score (nSPS) is 11.7. The van der Waals surface area contributed by atoms with Crippen molar-refractivity contribution in [3.63, 3.8) is 0 Å². The van der Waals surface area contributed by atoms with Crippen LogP contribution in [0.3, 0.4) is 0 Å². The van der Waals surface area contributed by atoms with E-state index in [0.29, 0.717) is 17.5 Å². The van der Waals surface area contributed by atoms with E-state index in [1.165, 1.54) is 16.5 Å². The molecule has 0 spiro atoms. The fourth-order valence-electron chi connectivity index (χ4n) is 6.98. The molecular formula is C45H27N3O. The number of fused-ring (bicyclic) bond motifs is 6. The summed E-state index contributed by atoms with van der Waals surface area (Å²) in [5.41, 5.74) is 6.81. The van der Waals surface area contributed by atoms with E-state index in [1.54, 1.807) is 0 Å². The van der Waals surface area contributed by atoms with E-state index in [1.807, 2.05) is 18.2 Å². The van der Waals surface area contributed by atoms with Crippen LogP contribution in [0.1, 0.15) is 0 Å². The second kappa shape index (κ2) is 11.0. The molecule has 0 unspecified atom stereocenters. The molecule has 0 saturated heterocycles. The lowest BCUT2D eigenvalue weighted by molar-refractivity contribution is 0.669. The lowest BCUT2D eigenvalue weighted by atomic mass is 9.99. The van der Waals surface area contributed by atoms with Crippen molar-refractivity contribution >= 4 is 54.3 Å². The van der Waals surface area contributed by atoms with E-state index in [-0.39, 0.29) is 0 Å². The number of nitrogens with zero attached hydrogens (tertiary/aromatic N) is 3. The summed E-state index contributed by atoms with van der Waals surface area (Å²) in [5.74, 6) is 1.85. The van der Waals surface area contributed by atoms with E-state index in [2.05, 4.69) is 146 Å². The first-order chi connectivity index (χ1) is 24.2. The Morgan fingerprint density at radius 2 is 0.857 bits per heavy atom. The van der Waals surface area contributed by atoms with Crippen molar-refractivity contribution in [1.29, 1.82) is 0 Å². The molecule has 2 aromatic heterocycles. The summed E-state index contributed by atoms with van der Waals surface area (Å²) in [6, 6.07) is 57.1. The summed E-state index contributed by atoms with van der Waals surface area (Å²) in [6.45, 7) is 0. The van der Waals surface area contributed by atoms with Gasteiger partial charge in [0.25, 0.3) is 0 Å². The highest BCUT2D eigenvalue weighted by Gasteiger charge is 2.19. The van der Waals surface area contributed by atoms with Crippen LogP contribution in [-0.2, 0) is 0 Å². The molecule has 10 aromatic rings. The maximum atomic E-state index is 6.42. The Morgan fingerprint density at radius 3 is 1.57 bits per heavy atom. The van der Waals surface area contributed by atoms with Crippen LogP contribution in [0.5, 0.6) is 0 Å². The third kappa shape index (κ3) is 4.73. The molecule has 0 bridgehead atoms. The van der Waals surface area contributed by atoms with Crippen molar-refractivity contribution in [2.45, 2.75) is 0 Å². The van der Waals surface area contributed by atoms with Gasteiger partial charge in [-0.1, -0.05) is 127 Å². The van der Waals surface area contributed by atoms with Gasteiger partial charge in [0, 0.05) is 27.5 Å². The highest BCUT2D eigenvalue weighted by molar-refractivity contribution is 6.15. The lowest BCUT2D eigenvalue weighted by Gasteiger charge is -2.11. The van der Waals surface area contributed by atoms with Gasteiger partial charge in [0.05, 0.1) is 0 Å². The predicted octanol–water partition coefficient (Wildman–Crippen LogP) is 11.9. The SMILES string of the molecule is c1ccc(-c2ccc3cc(-c4nc(-c5ccc6ccccc6c5)nc(-c5cccc6oc7cc8ccccc8cc7c56)n4)ccc3c2)cc1. The van der Waals surface area contributed by atoms with Crippen molar-refractivity contribution in [2.75, 3.05) is 0 Å². The number of hydrogen-bond donors (Lipinski definition) is 0. The van der Waals surface area contributed by atoms with Crippen LogP contribution in [0.2, 0.25) is 0 Å². The van der Waals surface area contributed by atoms with E-state index >= 15 is 0 Å². The fraction of sp³-hybridized carbons (Fsp3) is 0. The molecule has 49 heavy (non-hydrogen) atoms. The van der Waals surface area contributed by atoms with Gasteiger partial charge >= 0.3 is 0 Å². The third-order valence-corrected chi connectivity index (χ3v) is 9.45. The highest BCUT2D eigenvalue weighted by atomic mass is 16.3. The number of rotatable bonds is 4. The van der Waals surface area contributed by atoms with Crippen molar-refractivity contribution in [2.24, 2.45) is 0 Å². The quantitative estimate of drug-likeness (QED) is 0.195. The summed E-state index contributed by atoms with van der Waals surface area (Å²) in [6.07, 6.45) is 0. The second-order valence-corrected chi connectivity index (χ2v) is 12.5. The van der Waals surface area contributed by atoms with Crippen LogP contribution in [0, 0.1) is 0 Å². The van der Waals surface area contributed by atoms with Crippen molar-refractivity contribution in [3.8, 4) is 45.3 Å². The van der Waals surface area contributed by atoms with Gasteiger partial charge in [0.2, 0.25) is 0 Å². The van der Waals surface area contributed by atoms with Crippen LogP contribution >= 0.6 is 0 Å². The van der Waals surface area contributed by atoms with E-state index < -0.39 is 0 Å². The molecule has 0 aliphatic heterocycles. The average Bonchev–Trinajstić information content (AvgIpc) is 3.54. The molecule has 0 fully saturated rings. The Labute approximate surface area is 282 Å². The van der Waals surface area contributed by atoms with Gasteiger partial charge in [-0.15, -0.1) is 0 Å². The zero-order valence-electron chi connectivity index (χ0n) is 26.3. The summed E-state index contributed by atoms with van der Waals surface area (Å²) in [4.78, 5) is 15.4. The van der Waals surface area contributed by atoms with Gasteiger partial charge in [0.1, 0.15) is 11.2 Å². The minimum absolute atomic E-state index is 0.606. The molecule has 228 valence electrons. The van der Waals surface area contributed by atoms with Crippen LogP contribution in [0.4, 0.5) is 0 Å². The summed E-state index contributed by atoms with van der Waals surface area (Å²) in [7, 11) is 0. The Hall–Kier alpha value is -6.65. The summed E-state index contributed by atoms with van der Waals surface area (Å²) >= 11 is 0. The molecule has 0 aliphatic rings. The second-order valence-electron chi connectivity index (χ2n) is 12.5. The van der Waals surface area contributed by atoms with Crippen molar-refractivity contribution < 1.29 is 4.42 Å². The summed E-state index contributed by atoms with van der Waals surface area (Å²) in [5, 5.41) is 8.94. The molecule has 0 amide bonds. The van der Waals surface area contributed by atoms with Gasteiger partial charge in [-0.25, -0.2) is 15.0 Å². The molecule has 0 saturated carbocycles. The van der Waals surface area contributed by atoms with Crippen molar-refractivity contribution in [3.05, 3.63) is 164 Å². The molecule has 10 rings (SSSR count). The van der Waals surface area contributed by atoms with Crippen LogP contribution < -0.4 is 0 Å². The Morgan fingerprint density at radius 1 is 0.327 bits per heavy atom. The zero-order chi connectivity index (χ0) is 32.3. The topological polar surface area (TPSA) is 51.8 Å². The van der Waals surface area contributed by atoms with E-state index in [9.17, 15) is 0 Å². The van der Waals surface area contributed by atoms with Gasteiger partial charge in [0.15, 0.2) is 17.5 Å². The number of aromatic nitrogens is 3. The van der Waals surface area contributed by atoms with E-state index in [4.69, 9.17) is 19.4 Å². The first kappa shape index (κ1) is 27.5. The first-order valence-electron chi connectivity index (χ1n) is 16.4. The monoisotopic (exact) mass is 625 g/mol. The Balaban J connectivity index is 1.18. The van der Waals surface area contributed by atoms with Gasteiger partial charge < -0.3 is 4.42 Å². The Bertz CT molecular complexity index is 2890. The van der Waals surface area contributed by atoms with Crippen LogP contribution in [-0.4, -0.2) is 15.0 Å². The lowest BCUT2D eigenvalue weighted by Crippen LogP contribution is -2.00. The molecule has 2 heterocycles. The molecule has 0 N–H and O–H groups in total. The predicted molar refractivity (Wildman–Crippen MR) is 201 cm³/mol. The maximum absolute atomic E-state index is 6.42. The number of hydrogen-bond acceptors (Lipinski definition) is 4. The largest absolute Gasteiger partial charge is 0.456 e. The fourth-order valence-corrected chi connectivity index (χ4v) is 6.98. The molecule has 0 aliphatic carbocycles. The number of benzene rings is 8. The van der Waals surface area contributed by atoms with Gasteiger partial charge in [-0.2, -0.15) is 0 Å². The average molecular weight is 626 g/mol. The standard InChI is InChI=1S/C45H27N3O/c1-2-9-28(10-3-1)33-18-19-35-25-37(22-20-34(35)23-33)44-46-43(36-21-17-29-11-4-5-12-30(29)24-36)47-45(48-44)38-15-8-16-40-42(38)39-26-31-13-6-7-14-32(31)27-41(39)49-40/h1-27H. The molecule has 0 atom stereocenters. The van der Waals surface area contributed by atoms with Crippen molar-refractivity contribution in [1.82, 2.24) is 15.0 Å². The molecule has 4 heteroatoms. The minimum atomic E-state index is 0.606. The molecule has 8 aromatic carbocycles. The third-order valence-electron chi connectivity index (χ3n) is 9.45. The van der Waals surface area contributed by atoms with Gasteiger partial charge in [-0.3, -0.25) is 0 Å². The minimum Gasteiger partial charge on any atom is -0.456 e. The van der Waals surface area contributed by atoms with Gasteiger partial charge in [-0.05, 0) is 79.8 Å². The molecular weight excluding hydrogens is 599 g/mol. The first-order valence-corrected chi connectivity index (χ1v) is 16.4. The Kier molecular flexibility index (Phi) is 6.15. The zero-order valence-corrected chi connectivity index (χ0v) is 26.3. The smallest absolute Gasteiger partial charge is 0.164 e. The van der Waals surface area contributed by atoms with E-state index in [0.717, 1.165) is 65.6 Å². The van der Waals surface area contributed by atoms with Crippen LogP contribution in [0.25, 0.3) is 99.5 Å². The number of furan rings is 1. The molecule has 0 radical (unpaired) electrons. The van der Waals surface area contributed by atoms with Crippen LogP contribution in [0.15, 0.2) is 168 Å².